The Labute approximate surface area is 197 Å². The van der Waals surface area contributed by atoms with Gasteiger partial charge in [0.05, 0.1) is 21.7 Å². The topological polar surface area (TPSA) is 141 Å². The number of hydrogen-bond donors (Lipinski definition) is 2. The molecule has 3 heterocycles. The van der Waals surface area contributed by atoms with Gasteiger partial charge in [0.2, 0.25) is 0 Å². The Morgan fingerprint density at radius 1 is 1.18 bits per heavy atom. The van der Waals surface area contributed by atoms with Gasteiger partial charge in [0, 0.05) is 16.7 Å². The number of hydrogen-bond acceptors (Lipinski definition) is 7. The largest absolute Gasteiger partial charge is 0.478 e. The minimum absolute atomic E-state index is 0.00424. The first-order valence-electron chi connectivity index (χ1n) is 9.81. The first kappa shape index (κ1) is 21.9. The number of anilines is 1. The maximum Gasteiger partial charge on any atom is 0.335 e. The van der Waals surface area contributed by atoms with Crippen LogP contribution >= 0.6 is 11.8 Å². The Balaban J connectivity index is 1.48. The van der Waals surface area contributed by atoms with Crippen LogP contribution in [0.4, 0.5) is 5.69 Å². The predicted molar refractivity (Wildman–Crippen MR) is 127 cm³/mol. The minimum atomic E-state index is -3.41. The van der Waals surface area contributed by atoms with E-state index >= 15 is 0 Å². The number of amidine groups is 2. The van der Waals surface area contributed by atoms with Crippen molar-refractivity contribution in [1.29, 1.82) is 5.41 Å². The van der Waals surface area contributed by atoms with Crippen LogP contribution in [0.2, 0.25) is 0 Å². The van der Waals surface area contributed by atoms with E-state index in [4.69, 9.17) is 9.83 Å². The molecular formula is C23H15N3O6S2. The quantitative estimate of drug-likeness (QED) is 0.521. The van der Waals surface area contributed by atoms with Gasteiger partial charge in [0.25, 0.3) is 5.91 Å². The van der Waals surface area contributed by atoms with Crippen molar-refractivity contribution in [2.45, 2.75) is 9.79 Å². The number of carboxylic acid groups (broad SMARTS) is 1. The van der Waals surface area contributed by atoms with Gasteiger partial charge in [-0.25, -0.2) is 13.2 Å². The van der Waals surface area contributed by atoms with E-state index in [2.05, 4.69) is 4.99 Å². The monoisotopic (exact) mass is 493 g/mol. The average Bonchev–Trinajstić information content (AvgIpc) is 3.40. The molecule has 0 saturated carbocycles. The summed E-state index contributed by atoms with van der Waals surface area (Å²) in [5.41, 5.74) is 1.24. The van der Waals surface area contributed by atoms with Gasteiger partial charge in [0.15, 0.2) is 15.0 Å². The van der Waals surface area contributed by atoms with E-state index < -0.39 is 21.7 Å². The van der Waals surface area contributed by atoms with Crippen LogP contribution in [0, 0.1) is 5.41 Å². The van der Waals surface area contributed by atoms with Crippen molar-refractivity contribution < 1.29 is 27.5 Å². The van der Waals surface area contributed by atoms with E-state index in [0.29, 0.717) is 27.7 Å². The Bertz CT molecular complexity index is 1580. The summed E-state index contributed by atoms with van der Waals surface area (Å²) in [7, 11) is -3.41. The van der Waals surface area contributed by atoms with Crippen molar-refractivity contribution in [2.24, 2.45) is 4.99 Å². The fourth-order valence-electron chi connectivity index (χ4n) is 3.56. The molecule has 3 aromatic rings. The number of benzene rings is 2. The molecule has 0 fully saturated rings. The molecule has 2 aliphatic heterocycles. The lowest BCUT2D eigenvalue weighted by molar-refractivity contribution is -0.113. The SMILES string of the molecule is CS(=O)(=O)c1ccc2c(c1)SC1=NC(=O)/C(=C\c3ccc(-c4cccc(C(=O)O)c4)o3)C(=N)N12. The van der Waals surface area contributed by atoms with Gasteiger partial charge in [-0.05, 0) is 60.3 Å². The van der Waals surface area contributed by atoms with Crippen molar-refractivity contribution in [3.63, 3.8) is 0 Å². The highest BCUT2D eigenvalue weighted by Gasteiger charge is 2.38. The zero-order valence-corrected chi connectivity index (χ0v) is 19.1. The highest BCUT2D eigenvalue weighted by molar-refractivity contribution is 8.15. The zero-order valence-electron chi connectivity index (χ0n) is 17.5. The molecule has 170 valence electrons. The van der Waals surface area contributed by atoms with E-state index in [1.165, 1.54) is 35.2 Å². The molecule has 5 rings (SSSR count). The second kappa shape index (κ2) is 7.82. The molecule has 34 heavy (non-hydrogen) atoms. The van der Waals surface area contributed by atoms with Crippen LogP contribution in [0.3, 0.4) is 0 Å². The molecule has 0 saturated heterocycles. The summed E-state index contributed by atoms with van der Waals surface area (Å²) in [6, 6.07) is 14.1. The Kier molecular flexibility index (Phi) is 5.03. The number of rotatable bonds is 4. The van der Waals surface area contributed by atoms with Crippen LogP contribution in [0.25, 0.3) is 17.4 Å². The molecule has 2 aromatic carbocycles. The van der Waals surface area contributed by atoms with Gasteiger partial charge in [0.1, 0.15) is 17.4 Å². The van der Waals surface area contributed by atoms with Crippen molar-refractivity contribution in [3.8, 4) is 11.3 Å². The molecule has 0 aliphatic carbocycles. The summed E-state index contributed by atoms with van der Waals surface area (Å²) >= 11 is 1.12. The molecule has 0 bridgehead atoms. The van der Waals surface area contributed by atoms with Crippen molar-refractivity contribution in [1.82, 2.24) is 0 Å². The predicted octanol–water partition coefficient (Wildman–Crippen LogP) is 3.92. The summed E-state index contributed by atoms with van der Waals surface area (Å²) < 4.78 is 29.5. The lowest BCUT2D eigenvalue weighted by atomic mass is 10.1. The number of carbonyl (C=O) groups excluding carboxylic acids is 1. The molecular weight excluding hydrogens is 478 g/mol. The van der Waals surface area contributed by atoms with E-state index in [0.717, 1.165) is 18.0 Å². The molecule has 9 nitrogen and oxygen atoms in total. The van der Waals surface area contributed by atoms with E-state index in [1.807, 2.05) is 0 Å². The number of carbonyl (C=O) groups is 2. The molecule has 0 radical (unpaired) electrons. The standard InChI is InChI=1S/C23H15N3O6S2/c1-34(30,31)15-6-7-17-19(11-15)33-23-25-21(27)16(20(24)26(17)23)10-14-5-8-18(32-14)12-3-2-4-13(9-12)22(28)29/h2-11,24H,1H3,(H,28,29)/b16-10-,24-20?. The summed E-state index contributed by atoms with van der Waals surface area (Å²) in [6.07, 6.45) is 2.52. The third-order valence-electron chi connectivity index (χ3n) is 5.21. The minimum Gasteiger partial charge on any atom is -0.478 e. The van der Waals surface area contributed by atoms with E-state index in [-0.39, 0.29) is 27.0 Å². The second-order valence-corrected chi connectivity index (χ2v) is 10.6. The van der Waals surface area contributed by atoms with Gasteiger partial charge in [-0.1, -0.05) is 12.1 Å². The first-order chi connectivity index (χ1) is 16.1. The molecule has 0 spiro atoms. The zero-order chi connectivity index (χ0) is 24.2. The van der Waals surface area contributed by atoms with E-state index in [9.17, 15) is 23.1 Å². The average molecular weight is 494 g/mol. The van der Waals surface area contributed by atoms with Gasteiger partial charge < -0.3 is 9.52 Å². The number of nitrogens with zero attached hydrogens (tertiary/aromatic N) is 2. The van der Waals surface area contributed by atoms with Crippen molar-refractivity contribution >= 4 is 56.2 Å². The van der Waals surface area contributed by atoms with Crippen LogP contribution < -0.4 is 4.90 Å². The normalized spacial score (nSPS) is 16.4. The van der Waals surface area contributed by atoms with Crippen LogP contribution in [0.15, 0.2) is 79.4 Å². The van der Waals surface area contributed by atoms with Gasteiger partial charge in [-0.2, -0.15) is 4.99 Å². The summed E-state index contributed by atoms with van der Waals surface area (Å²) in [5.74, 6) is -1.09. The van der Waals surface area contributed by atoms with Gasteiger partial charge in [-0.3, -0.25) is 15.1 Å². The van der Waals surface area contributed by atoms with Gasteiger partial charge in [-0.15, -0.1) is 0 Å². The Hall–Kier alpha value is -3.96. The maximum absolute atomic E-state index is 12.7. The number of aliphatic imine (C=N–C) groups is 1. The molecule has 0 atom stereocenters. The number of sulfone groups is 1. The molecule has 0 unspecified atom stereocenters. The second-order valence-electron chi connectivity index (χ2n) is 7.53. The van der Waals surface area contributed by atoms with Crippen molar-refractivity contribution in [2.75, 3.05) is 11.2 Å². The van der Waals surface area contributed by atoms with E-state index in [1.54, 1.807) is 30.3 Å². The molecule has 2 aliphatic rings. The third kappa shape index (κ3) is 3.74. The number of carboxylic acids is 1. The smallest absolute Gasteiger partial charge is 0.335 e. The third-order valence-corrected chi connectivity index (χ3v) is 7.32. The van der Waals surface area contributed by atoms with Crippen LogP contribution in [0.5, 0.6) is 0 Å². The Morgan fingerprint density at radius 2 is 1.97 bits per heavy atom. The maximum atomic E-state index is 12.7. The summed E-state index contributed by atoms with van der Waals surface area (Å²) in [6.45, 7) is 0. The lowest BCUT2D eigenvalue weighted by Crippen LogP contribution is -2.39. The number of fused-ring (bicyclic) bond motifs is 3. The van der Waals surface area contributed by atoms with Crippen LogP contribution in [-0.2, 0) is 14.6 Å². The molecule has 1 aromatic heterocycles. The fourth-order valence-corrected chi connectivity index (χ4v) is 5.34. The first-order valence-corrected chi connectivity index (χ1v) is 12.5. The molecule has 1 amide bonds. The Morgan fingerprint density at radius 3 is 2.71 bits per heavy atom. The number of aromatic carboxylic acids is 1. The fraction of sp³-hybridized carbons (Fsp3) is 0.0435. The van der Waals surface area contributed by atoms with Crippen molar-refractivity contribution in [3.05, 3.63) is 71.5 Å². The summed E-state index contributed by atoms with van der Waals surface area (Å²) in [4.78, 5) is 30.2. The number of amides is 1. The number of furan rings is 1. The lowest BCUT2D eigenvalue weighted by Gasteiger charge is -2.24. The van der Waals surface area contributed by atoms with Crippen LogP contribution in [-0.4, -0.2) is 42.7 Å². The molecule has 11 heteroatoms. The van der Waals surface area contributed by atoms with Crippen LogP contribution in [0.1, 0.15) is 16.1 Å². The number of nitrogens with one attached hydrogen (secondary N) is 1. The van der Waals surface area contributed by atoms with Gasteiger partial charge >= 0.3 is 5.97 Å². The highest BCUT2D eigenvalue weighted by Crippen LogP contribution is 2.44. The number of thioether (sulfide) groups is 1. The molecule has 2 N–H and O–H groups in total. The highest BCUT2D eigenvalue weighted by atomic mass is 32.2. The summed E-state index contributed by atoms with van der Waals surface area (Å²) in [5, 5.41) is 18.1.